The van der Waals surface area contributed by atoms with Gasteiger partial charge in [0.2, 0.25) is 5.95 Å². The van der Waals surface area contributed by atoms with Crippen molar-refractivity contribution in [3.05, 3.63) is 35.4 Å². The average molecular weight is 239 g/mol. The molecule has 0 aliphatic carbocycles. The zero-order chi connectivity index (χ0) is 11.5. The van der Waals surface area contributed by atoms with E-state index in [1.807, 2.05) is 18.0 Å². The molecule has 5 nitrogen and oxygen atoms in total. The fourth-order valence-electron chi connectivity index (χ4n) is 1.37. The van der Waals surface area contributed by atoms with Gasteiger partial charge >= 0.3 is 0 Å². The molecule has 0 saturated heterocycles. The quantitative estimate of drug-likeness (QED) is 0.885. The molecule has 2 rings (SSSR count). The summed E-state index contributed by atoms with van der Waals surface area (Å²) in [7, 11) is 1.88. The number of rotatable bonds is 3. The van der Waals surface area contributed by atoms with Crippen LogP contribution in [0.3, 0.4) is 0 Å². The van der Waals surface area contributed by atoms with Crippen LogP contribution in [0, 0.1) is 0 Å². The summed E-state index contributed by atoms with van der Waals surface area (Å²) in [5, 5.41) is 0.472. The van der Waals surface area contributed by atoms with Crippen molar-refractivity contribution in [3.8, 4) is 0 Å². The second-order valence-electron chi connectivity index (χ2n) is 3.39. The smallest absolute Gasteiger partial charge is 0.222 e. The van der Waals surface area contributed by atoms with Crippen molar-refractivity contribution < 1.29 is 4.42 Å². The minimum Gasteiger partial charge on any atom is -0.472 e. The lowest BCUT2D eigenvalue weighted by atomic mass is 10.3. The number of hydrogen-bond donors (Lipinski definition) is 1. The number of furan rings is 1. The Bertz CT molecular complexity index is 472. The molecule has 0 atom stereocenters. The summed E-state index contributed by atoms with van der Waals surface area (Å²) in [6.45, 7) is 0.646. The van der Waals surface area contributed by atoms with Gasteiger partial charge in [-0.2, -0.15) is 4.98 Å². The van der Waals surface area contributed by atoms with Crippen LogP contribution in [-0.4, -0.2) is 17.0 Å². The summed E-state index contributed by atoms with van der Waals surface area (Å²) in [5.74, 6) is 0.814. The molecule has 0 amide bonds. The van der Waals surface area contributed by atoms with Crippen molar-refractivity contribution in [2.45, 2.75) is 6.54 Å². The molecule has 0 bridgehead atoms. The first-order valence-electron chi connectivity index (χ1n) is 4.67. The molecule has 0 radical (unpaired) electrons. The lowest BCUT2D eigenvalue weighted by Gasteiger charge is -2.18. The molecule has 84 valence electrons. The number of aromatic nitrogens is 2. The molecule has 0 aromatic carbocycles. The van der Waals surface area contributed by atoms with Gasteiger partial charge < -0.3 is 15.1 Å². The lowest BCUT2D eigenvalue weighted by Crippen LogP contribution is -2.18. The van der Waals surface area contributed by atoms with E-state index in [9.17, 15) is 0 Å². The highest BCUT2D eigenvalue weighted by Crippen LogP contribution is 2.23. The molecule has 0 spiro atoms. The number of anilines is 2. The van der Waals surface area contributed by atoms with E-state index in [-0.39, 0.29) is 5.95 Å². The number of nitrogens with two attached hydrogens (primary N) is 1. The third-order valence-electron chi connectivity index (χ3n) is 2.11. The van der Waals surface area contributed by atoms with E-state index in [2.05, 4.69) is 9.97 Å². The van der Waals surface area contributed by atoms with Crippen molar-refractivity contribution in [1.82, 2.24) is 9.97 Å². The fraction of sp³-hybridized carbons (Fsp3) is 0.200. The second kappa shape index (κ2) is 4.40. The molecule has 2 N–H and O–H groups in total. The number of nitrogens with zero attached hydrogens (tertiary/aromatic N) is 3. The molecule has 0 saturated carbocycles. The second-order valence-corrected chi connectivity index (χ2v) is 3.79. The van der Waals surface area contributed by atoms with E-state index in [0.29, 0.717) is 17.4 Å². The maximum Gasteiger partial charge on any atom is 0.222 e. The van der Waals surface area contributed by atoms with Crippen LogP contribution in [0.1, 0.15) is 5.56 Å². The maximum atomic E-state index is 5.99. The van der Waals surface area contributed by atoms with E-state index in [0.717, 1.165) is 5.56 Å². The fourth-order valence-corrected chi connectivity index (χ4v) is 1.61. The van der Waals surface area contributed by atoms with Gasteiger partial charge in [-0.1, -0.05) is 11.6 Å². The molecule has 0 fully saturated rings. The van der Waals surface area contributed by atoms with Crippen LogP contribution in [0.15, 0.2) is 29.2 Å². The SMILES string of the molecule is CN(Cc1ccoc1)c1nc(N)ncc1Cl. The van der Waals surface area contributed by atoms with Crippen LogP contribution in [-0.2, 0) is 6.54 Å². The molecule has 2 aromatic rings. The van der Waals surface area contributed by atoms with Crippen LogP contribution in [0.4, 0.5) is 11.8 Å². The molecule has 0 aliphatic rings. The van der Waals surface area contributed by atoms with Crippen molar-refractivity contribution in [2.24, 2.45) is 0 Å². The van der Waals surface area contributed by atoms with Gasteiger partial charge in [0, 0.05) is 19.2 Å². The topological polar surface area (TPSA) is 68.2 Å². The minimum absolute atomic E-state index is 0.207. The van der Waals surface area contributed by atoms with Gasteiger partial charge in [0.15, 0.2) is 5.82 Å². The largest absolute Gasteiger partial charge is 0.472 e. The number of nitrogen functional groups attached to an aromatic ring is 1. The monoisotopic (exact) mass is 238 g/mol. The van der Waals surface area contributed by atoms with Crippen molar-refractivity contribution in [1.29, 1.82) is 0 Å². The summed E-state index contributed by atoms with van der Waals surface area (Å²) in [6, 6.07) is 1.88. The third-order valence-corrected chi connectivity index (χ3v) is 2.37. The Balaban J connectivity index is 2.20. The minimum atomic E-state index is 0.207. The van der Waals surface area contributed by atoms with Crippen LogP contribution >= 0.6 is 11.6 Å². The van der Waals surface area contributed by atoms with Crippen LogP contribution in [0.5, 0.6) is 0 Å². The van der Waals surface area contributed by atoms with E-state index < -0.39 is 0 Å². The highest BCUT2D eigenvalue weighted by Gasteiger charge is 2.10. The van der Waals surface area contributed by atoms with Gasteiger partial charge in [-0.25, -0.2) is 4.98 Å². The van der Waals surface area contributed by atoms with Gasteiger partial charge in [0.25, 0.3) is 0 Å². The molecule has 0 aliphatic heterocycles. The van der Waals surface area contributed by atoms with Crippen LogP contribution in [0.2, 0.25) is 5.02 Å². The van der Waals surface area contributed by atoms with Crippen molar-refractivity contribution in [2.75, 3.05) is 17.7 Å². The van der Waals surface area contributed by atoms with E-state index >= 15 is 0 Å². The third kappa shape index (κ3) is 2.25. The van der Waals surface area contributed by atoms with Gasteiger partial charge in [0.1, 0.15) is 5.02 Å². The first kappa shape index (κ1) is 10.8. The molecular weight excluding hydrogens is 228 g/mol. The Kier molecular flexibility index (Phi) is 2.96. The van der Waals surface area contributed by atoms with Crippen molar-refractivity contribution >= 4 is 23.4 Å². The van der Waals surface area contributed by atoms with E-state index in [4.69, 9.17) is 21.8 Å². The maximum absolute atomic E-state index is 5.99. The summed E-state index contributed by atoms with van der Waals surface area (Å²) in [5.41, 5.74) is 6.55. The molecule has 6 heteroatoms. The van der Waals surface area contributed by atoms with Gasteiger partial charge in [-0.3, -0.25) is 0 Å². The zero-order valence-corrected chi connectivity index (χ0v) is 9.48. The van der Waals surface area contributed by atoms with Gasteiger partial charge in [-0.15, -0.1) is 0 Å². The summed E-state index contributed by atoms with van der Waals surface area (Å²) >= 11 is 5.99. The summed E-state index contributed by atoms with van der Waals surface area (Å²) in [6.07, 6.45) is 4.79. The van der Waals surface area contributed by atoms with Crippen LogP contribution < -0.4 is 10.6 Å². The molecule has 2 heterocycles. The van der Waals surface area contributed by atoms with Crippen LogP contribution in [0.25, 0.3) is 0 Å². The Hall–Kier alpha value is -1.75. The Morgan fingerprint density at radius 3 is 3.06 bits per heavy atom. The first-order valence-corrected chi connectivity index (χ1v) is 5.05. The summed E-state index contributed by atoms with van der Waals surface area (Å²) in [4.78, 5) is 9.77. The Labute approximate surface area is 97.9 Å². The normalized spacial score (nSPS) is 10.4. The number of hydrogen-bond acceptors (Lipinski definition) is 5. The zero-order valence-electron chi connectivity index (χ0n) is 8.72. The first-order chi connectivity index (χ1) is 7.66. The standard InChI is InChI=1S/C10H11ClN4O/c1-15(5-7-2-3-16-6-7)9-8(11)4-13-10(12)14-9/h2-4,6H,5H2,1H3,(H2,12,13,14). The predicted octanol–water partition coefficient (Wildman–Crippen LogP) is 1.94. The molecule has 16 heavy (non-hydrogen) atoms. The number of halogens is 1. The Morgan fingerprint density at radius 1 is 1.56 bits per heavy atom. The molecule has 2 aromatic heterocycles. The molecule has 0 unspecified atom stereocenters. The van der Waals surface area contributed by atoms with E-state index in [1.165, 1.54) is 6.20 Å². The Morgan fingerprint density at radius 2 is 2.38 bits per heavy atom. The molecular formula is C10H11ClN4O. The summed E-state index contributed by atoms with van der Waals surface area (Å²) < 4.78 is 4.99. The highest BCUT2D eigenvalue weighted by molar-refractivity contribution is 6.32. The van der Waals surface area contributed by atoms with Crippen molar-refractivity contribution in [3.63, 3.8) is 0 Å². The lowest BCUT2D eigenvalue weighted by molar-refractivity contribution is 0.563. The predicted molar refractivity (Wildman–Crippen MR) is 62.3 cm³/mol. The highest BCUT2D eigenvalue weighted by atomic mass is 35.5. The van der Waals surface area contributed by atoms with E-state index in [1.54, 1.807) is 12.5 Å². The van der Waals surface area contributed by atoms with Gasteiger partial charge in [0.05, 0.1) is 18.7 Å². The average Bonchev–Trinajstić information content (AvgIpc) is 2.74. The van der Waals surface area contributed by atoms with Gasteiger partial charge in [-0.05, 0) is 6.07 Å².